The number of aromatic nitrogens is 2. The zero-order valence-electron chi connectivity index (χ0n) is 15.1. The summed E-state index contributed by atoms with van der Waals surface area (Å²) in [7, 11) is 0. The van der Waals surface area contributed by atoms with Gasteiger partial charge in [0.25, 0.3) is 11.6 Å². The maximum Gasteiger partial charge on any atom is 0.311 e. The molecule has 27 heavy (non-hydrogen) atoms. The van der Waals surface area contributed by atoms with Gasteiger partial charge >= 0.3 is 5.97 Å². The smallest absolute Gasteiger partial charge is 0.311 e. The van der Waals surface area contributed by atoms with Crippen molar-refractivity contribution in [3.8, 4) is 0 Å². The number of fused-ring (bicyclic) bond motifs is 2. The quantitative estimate of drug-likeness (QED) is 0.879. The zero-order valence-corrected chi connectivity index (χ0v) is 15.1. The van der Waals surface area contributed by atoms with Crippen molar-refractivity contribution >= 4 is 23.0 Å². The van der Waals surface area contributed by atoms with Crippen LogP contribution in [-0.4, -0.2) is 58.3 Å². The summed E-state index contributed by atoms with van der Waals surface area (Å²) < 4.78 is 10.8. The van der Waals surface area contributed by atoms with Crippen molar-refractivity contribution in [1.29, 1.82) is 0 Å². The van der Waals surface area contributed by atoms with Gasteiger partial charge < -0.3 is 19.3 Å². The Morgan fingerprint density at radius 3 is 2.89 bits per heavy atom. The van der Waals surface area contributed by atoms with Gasteiger partial charge in [0.2, 0.25) is 0 Å². The molecule has 2 aromatic rings. The number of aryl methyl sites for hydroxylation is 1. The molecule has 1 aliphatic carbocycles. The third kappa shape index (κ3) is 2.46. The number of carbonyl (C=O) groups excluding carboxylic acids is 1. The second kappa shape index (κ2) is 5.76. The van der Waals surface area contributed by atoms with E-state index in [0.717, 1.165) is 18.5 Å². The first-order valence-electron chi connectivity index (χ1n) is 9.37. The Morgan fingerprint density at radius 2 is 2.19 bits per heavy atom. The van der Waals surface area contributed by atoms with E-state index in [-0.39, 0.29) is 18.4 Å². The van der Waals surface area contributed by atoms with Gasteiger partial charge in [-0.05, 0) is 32.3 Å². The molecule has 2 saturated heterocycles. The molecule has 4 heterocycles. The van der Waals surface area contributed by atoms with Crippen LogP contribution in [0.4, 0.5) is 0 Å². The number of amides is 1. The van der Waals surface area contributed by atoms with E-state index in [1.165, 1.54) is 0 Å². The van der Waals surface area contributed by atoms with Crippen molar-refractivity contribution in [2.75, 3.05) is 26.3 Å². The molecule has 1 N–H and O–H groups in total. The molecule has 0 radical (unpaired) electrons. The summed E-state index contributed by atoms with van der Waals surface area (Å²) in [6.45, 7) is 3.18. The van der Waals surface area contributed by atoms with Gasteiger partial charge in [-0.1, -0.05) is 5.16 Å². The molecule has 0 spiro atoms. The predicted molar refractivity (Wildman–Crippen MR) is 93.4 cm³/mol. The van der Waals surface area contributed by atoms with Crippen molar-refractivity contribution in [3.05, 3.63) is 23.0 Å². The van der Waals surface area contributed by atoms with Gasteiger partial charge in [-0.25, -0.2) is 4.98 Å². The number of likely N-dealkylation sites (tertiary alicyclic amines) is 1. The Labute approximate surface area is 155 Å². The largest absolute Gasteiger partial charge is 0.481 e. The van der Waals surface area contributed by atoms with Gasteiger partial charge in [-0.2, -0.15) is 0 Å². The summed E-state index contributed by atoms with van der Waals surface area (Å²) in [6, 6.07) is 1.85. The molecule has 2 aliphatic heterocycles. The van der Waals surface area contributed by atoms with Crippen LogP contribution in [0.2, 0.25) is 0 Å². The molecule has 1 amide bonds. The van der Waals surface area contributed by atoms with Crippen molar-refractivity contribution in [1.82, 2.24) is 15.0 Å². The number of carboxylic acid groups (broad SMARTS) is 1. The van der Waals surface area contributed by atoms with Gasteiger partial charge in [-0.15, -0.1) is 0 Å². The van der Waals surface area contributed by atoms with Crippen molar-refractivity contribution in [2.24, 2.45) is 11.3 Å². The highest BCUT2D eigenvalue weighted by molar-refractivity contribution is 6.06. The summed E-state index contributed by atoms with van der Waals surface area (Å²) >= 11 is 0. The second-order valence-electron chi connectivity index (χ2n) is 7.99. The van der Waals surface area contributed by atoms with E-state index < -0.39 is 11.4 Å². The molecule has 3 fully saturated rings. The van der Waals surface area contributed by atoms with Gasteiger partial charge in [0, 0.05) is 37.2 Å². The number of carbonyl (C=O) groups is 2. The number of ether oxygens (including phenoxy) is 1. The predicted octanol–water partition coefficient (Wildman–Crippen LogP) is 1.97. The normalized spacial score (nSPS) is 27.7. The van der Waals surface area contributed by atoms with Gasteiger partial charge in [0.05, 0.1) is 28.7 Å². The lowest BCUT2D eigenvalue weighted by molar-refractivity contribution is -0.157. The molecular formula is C19H21N3O5. The highest BCUT2D eigenvalue weighted by Crippen LogP contribution is 2.44. The minimum atomic E-state index is -0.914. The first-order chi connectivity index (χ1) is 13.0. The summed E-state index contributed by atoms with van der Waals surface area (Å²) in [5.41, 5.74) is 1.46. The van der Waals surface area contributed by atoms with Crippen molar-refractivity contribution in [3.63, 3.8) is 0 Å². The van der Waals surface area contributed by atoms with Crippen LogP contribution in [0.25, 0.3) is 11.1 Å². The number of nitrogens with zero attached hydrogens (tertiary/aromatic N) is 3. The lowest BCUT2D eigenvalue weighted by Gasteiger charge is -2.33. The third-order valence-corrected chi connectivity index (χ3v) is 6.28. The summed E-state index contributed by atoms with van der Waals surface area (Å²) in [4.78, 5) is 31.6. The molecule has 0 bridgehead atoms. The fourth-order valence-electron chi connectivity index (χ4n) is 4.50. The minimum Gasteiger partial charge on any atom is -0.481 e. The Hall–Kier alpha value is -2.48. The van der Waals surface area contributed by atoms with Crippen LogP contribution in [-0.2, 0) is 9.53 Å². The maximum atomic E-state index is 13.4. The van der Waals surface area contributed by atoms with Crippen LogP contribution in [0.1, 0.15) is 46.9 Å². The number of hydrogen-bond donors (Lipinski definition) is 1. The fraction of sp³-hybridized carbons (Fsp3) is 0.579. The molecule has 0 aromatic carbocycles. The summed E-state index contributed by atoms with van der Waals surface area (Å²) in [6.07, 6.45) is 2.55. The molecule has 0 unspecified atom stereocenters. The van der Waals surface area contributed by atoms with E-state index in [2.05, 4.69) is 10.1 Å². The minimum absolute atomic E-state index is 0.175. The average Bonchev–Trinajstić information content (AvgIpc) is 3.34. The van der Waals surface area contributed by atoms with Crippen LogP contribution in [0.3, 0.4) is 0 Å². The summed E-state index contributed by atoms with van der Waals surface area (Å²) in [5.74, 6) is -0.834. The first-order valence-corrected chi connectivity index (χ1v) is 9.37. The Kier molecular flexibility index (Phi) is 3.56. The summed E-state index contributed by atoms with van der Waals surface area (Å²) in [5, 5.41) is 14.5. The molecular weight excluding hydrogens is 350 g/mol. The van der Waals surface area contributed by atoms with E-state index in [1.807, 2.05) is 6.07 Å². The SMILES string of the molecule is Cc1noc2nc(C3CC3)cc(C(=O)N3C[C@H]4COCC[C@@]4(C(=O)O)C3)c12. The Balaban J connectivity index is 1.54. The highest BCUT2D eigenvalue weighted by Gasteiger charge is 2.55. The molecule has 2 aromatic heterocycles. The van der Waals surface area contributed by atoms with Crippen LogP contribution in [0, 0.1) is 18.3 Å². The molecule has 2 atom stereocenters. The van der Waals surface area contributed by atoms with Crippen molar-refractivity contribution < 1.29 is 24.0 Å². The van der Waals surface area contributed by atoms with Crippen LogP contribution in [0.5, 0.6) is 0 Å². The highest BCUT2D eigenvalue weighted by atomic mass is 16.5. The van der Waals surface area contributed by atoms with E-state index in [1.54, 1.807) is 11.8 Å². The lowest BCUT2D eigenvalue weighted by atomic mass is 9.74. The van der Waals surface area contributed by atoms with Crippen LogP contribution in [0.15, 0.2) is 10.6 Å². The Morgan fingerprint density at radius 1 is 1.37 bits per heavy atom. The second-order valence-corrected chi connectivity index (χ2v) is 7.99. The van der Waals surface area contributed by atoms with E-state index in [9.17, 15) is 14.7 Å². The molecule has 8 heteroatoms. The Bertz CT molecular complexity index is 950. The topological polar surface area (TPSA) is 106 Å². The standard InChI is InChI=1S/C19H21N3O5/c1-10-15-13(6-14(11-2-3-11)20-16(15)27-21-10)17(23)22-7-12-8-26-5-4-19(12,9-22)18(24)25/h6,11-12H,2-5,7-9H2,1H3,(H,24,25)/t12-,19+/m0/s1. The molecule has 5 rings (SSSR count). The van der Waals surface area contributed by atoms with Crippen LogP contribution >= 0.6 is 0 Å². The zero-order chi connectivity index (χ0) is 18.8. The number of carboxylic acids is 1. The van der Waals surface area contributed by atoms with Gasteiger partial charge in [-0.3, -0.25) is 9.59 Å². The number of aliphatic carboxylic acids is 1. The fourth-order valence-corrected chi connectivity index (χ4v) is 4.50. The monoisotopic (exact) mass is 371 g/mol. The van der Waals surface area contributed by atoms with E-state index >= 15 is 0 Å². The van der Waals surface area contributed by atoms with Gasteiger partial charge in [0.15, 0.2) is 0 Å². The van der Waals surface area contributed by atoms with Gasteiger partial charge in [0.1, 0.15) is 0 Å². The van der Waals surface area contributed by atoms with Crippen molar-refractivity contribution in [2.45, 2.75) is 32.1 Å². The lowest BCUT2D eigenvalue weighted by Crippen LogP contribution is -2.45. The third-order valence-electron chi connectivity index (χ3n) is 6.28. The average molecular weight is 371 g/mol. The number of pyridine rings is 1. The van der Waals surface area contributed by atoms with Crippen LogP contribution < -0.4 is 0 Å². The maximum absolute atomic E-state index is 13.4. The number of hydrogen-bond acceptors (Lipinski definition) is 6. The first kappa shape index (κ1) is 16.7. The molecule has 8 nitrogen and oxygen atoms in total. The van der Waals surface area contributed by atoms with E-state index in [4.69, 9.17) is 9.26 Å². The van der Waals surface area contributed by atoms with E-state index in [0.29, 0.717) is 54.5 Å². The molecule has 1 saturated carbocycles. The molecule has 142 valence electrons. The number of rotatable bonds is 3. The molecule has 3 aliphatic rings.